The summed E-state index contributed by atoms with van der Waals surface area (Å²) < 4.78 is 2.12. The highest BCUT2D eigenvalue weighted by atomic mass is 15.2. The van der Waals surface area contributed by atoms with Crippen molar-refractivity contribution in [1.82, 2.24) is 9.55 Å². The number of aryl methyl sites for hydroxylation is 1. The first-order valence-corrected chi connectivity index (χ1v) is 6.87. The van der Waals surface area contributed by atoms with Crippen molar-refractivity contribution in [2.45, 2.75) is 25.4 Å². The minimum Gasteiger partial charge on any atom is -0.370 e. The zero-order chi connectivity index (χ0) is 13.1. The summed E-state index contributed by atoms with van der Waals surface area (Å²) in [5.41, 5.74) is 8.88. The molecule has 0 amide bonds. The molecule has 2 heterocycles. The summed E-state index contributed by atoms with van der Waals surface area (Å²) in [5, 5.41) is 0. The molecule has 19 heavy (non-hydrogen) atoms. The van der Waals surface area contributed by atoms with Crippen LogP contribution in [0.15, 0.2) is 43.0 Å². The third-order valence-electron chi connectivity index (χ3n) is 3.67. The highest BCUT2D eigenvalue weighted by Gasteiger charge is 2.20. The average Bonchev–Trinajstić information content (AvgIpc) is 2.91. The molecule has 1 aromatic heterocycles. The van der Waals surface area contributed by atoms with E-state index in [2.05, 4.69) is 38.7 Å². The lowest BCUT2D eigenvalue weighted by molar-refractivity contribution is 0.564. The lowest BCUT2D eigenvalue weighted by Crippen LogP contribution is -2.43. The number of rotatable bonds is 4. The Morgan fingerprint density at radius 2 is 2.16 bits per heavy atom. The van der Waals surface area contributed by atoms with Crippen molar-refractivity contribution >= 4 is 5.69 Å². The molecular formula is C15H20N4. The van der Waals surface area contributed by atoms with Gasteiger partial charge >= 0.3 is 0 Å². The number of benzene rings is 1. The van der Waals surface area contributed by atoms with Gasteiger partial charge in [-0.25, -0.2) is 4.98 Å². The summed E-state index contributed by atoms with van der Waals surface area (Å²) in [6, 6.07) is 8.86. The Labute approximate surface area is 113 Å². The van der Waals surface area contributed by atoms with Crippen molar-refractivity contribution in [3.8, 4) is 0 Å². The third kappa shape index (κ3) is 2.79. The fourth-order valence-corrected chi connectivity index (χ4v) is 2.80. The van der Waals surface area contributed by atoms with Crippen LogP contribution in [0.1, 0.15) is 12.0 Å². The van der Waals surface area contributed by atoms with Crippen LogP contribution in [-0.2, 0) is 13.0 Å². The topological polar surface area (TPSA) is 47.1 Å². The van der Waals surface area contributed by atoms with E-state index in [4.69, 9.17) is 5.73 Å². The number of nitrogens with two attached hydrogens (primary N) is 1. The first-order valence-electron chi connectivity index (χ1n) is 6.87. The number of hydrogen-bond donors (Lipinski definition) is 1. The molecule has 0 bridgehead atoms. The van der Waals surface area contributed by atoms with Gasteiger partial charge in [0.2, 0.25) is 0 Å². The summed E-state index contributed by atoms with van der Waals surface area (Å²) in [4.78, 5) is 6.48. The largest absolute Gasteiger partial charge is 0.370 e. The molecular weight excluding hydrogens is 236 g/mol. The first kappa shape index (κ1) is 12.2. The van der Waals surface area contributed by atoms with E-state index in [0.29, 0.717) is 0 Å². The monoisotopic (exact) mass is 256 g/mol. The molecule has 4 nitrogen and oxygen atoms in total. The van der Waals surface area contributed by atoms with E-state index in [0.717, 1.165) is 32.5 Å². The summed E-state index contributed by atoms with van der Waals surface area (Å²) in [7, 11) is 0. The van der Waals surface area contributed by atoms with Crippen LogP contribution in [0.5, 0.6) is 0 Å². The van der Waals surface area contributed by atoms with Gasteiger partial charge in [0.25, 0.3) is 0 Å². The molecule has 1 unspecified atom stereocenters. The van der Waals surface area contributed by atoms with E-state index < -0.39 is 0 Å². The first-order chi connectivity index (χ1) is 9.33. The number of hydrogen-bond acceptors (Lipinski definition) is 3. The van der Waals surface area contributed by atoms with Crippen molar-refractivity contribution < 1.29 is 0 Å². The van der Waals surface area contributed by atoms with Gasteiger partial charge in [0, 0.05) is 43.8 Å². The Morgan fingerprint density at radius 1 is 1.26 bits per heavy atom. The molecule has 1 aromatic carbocycles. The number of aromatic nitrogens is 2. The predicted octanol–water partition coefficient (Wildman–Crippen LogP) is 1.66. The molecule has 1 aliphatic heterocycles. The van der Waals surface area contributed by atoms with Crippen molar-refractivity contribution in [1.29, 1.82) is 0 Å². The lowest BCUT2D eigenvalue weighted by atomic mass is 9.98. The molecule has 0 fully saturated rings. The van der Waals surface area contributed by atoms with Crippen LogP contribution in [0, 0.1) is 0 Å². The van der Waals surface area contributed by atoms with E-state index in [1.54, 1.807) is 0 Å². The summed E-state index contributed by atoms with van der Waals surface area (Å²) in [5.74, 6) is 0. The molecule has 0 spiro atoms. The van der Waals surface area contributed by atoms with Gasteiger partial charge in [0.15, 0.2) is 0 Å². The van der Waals surface area contributed by atoms with Gasteiger partial charge in [0.05, 0.1) is 6.33 Å². The second-order valence-corrected chi connectivity index (χ2v) is 5.19. The van der Waals surface area contributed by atoms with E-state index in [-0.39, 0.29) is 6.04 Å². The standard InChI is InChI=1S/C15H20N4/c16-14-10-13-4-1-2-5-15(13)19(11-14)8-3-7-18-9-6-17-12-18/h1-2,4-6,9,12,14H,3,7-8,10-11,16H2. The number of nitrogens with zero attached hydrogens (tertiary/aromatic N) is 3. The van der Waals surface area contributed by atoms with Gasteiger partial charge in [-0.2, -0.15) is 0 Å². The van der Waals surface area contributed by atoms with Crippen molar-refractivity contribution in [2.75, 3.05) is 18.0 Å². The minimum absolute atomic E-state index is 0.253. The molecule has 0 aliphatic carbocycles. The highest BCUT2D eigenvalue weighted by molar-refractivity contribution is 5.56. The van der Waals surface area contributed by atoms with Gasteiger partial charge in [-0.05, 0) is 24.5 Å². The Balaban J connectivity index is 1.64. The van der Waals surface area contributed by atoms with Gasteiger partial charge in [-0.3, -0.25) is 0 Å². The average molecular weight is 256 g/mol. The number of para-hydroxylation sites is 1. The fourth-order valence-electron chi connectivity index (χ4n) is 2.80. The molecule has 1 aliphatic rings. The third-order valence-corrected chi connectivity index (χ3v) is 3.67. The van der Waals surface area contributed by atoms with Gasteiger partial charge in [-0.1, -0.05) is 18.2 Å². The van der Waals surface area contributed by atoms with E-state index in [9.17, 15) is 0 Å². The SMILES string of the molecule is NC1Cc2ccccc2N(CCCn2ccnc2)C1. The van der Waals surface area contributed by atoms with Gasteiger partial charge in [-0.15, -0.1) is 0 Å². The zero-order valence-corrected chi connectivity index (χ0v) is 11.1. The minimum atomic E-state index is 0.253. The Kier molecular flexibility index (Phi) is 3.51. The van der Waals surface area contributed by atoms with Gasteiger partial charge in [0.1, 0.15) is 0 Å². The van der Waals surface area contributed by atoms with Crippen LogP contribution in [0.3, 0.4) is 0 Å². The van der Waals surface area contributed by atoms with Crippen LogP contribution in [0.25, 0.3) is 0 Å². The Bertz CT molecular complexity index is 521. The van der Waals surface area contributed by atoms with Gasteiger partial charge < -0.3 is 15.2 Å². The zero-order valence-electron chi connectivity index (χ0n) is 11.1. The van der Waals surface area contributed by atoms with E-state index >= 15 is 0 Å². The summed E-state index contributed by atoms with van der Waals surface area (Å²) in [6.45, 7) is 3.01. The second kappa shape index (κ2) is 5.45. The molecule has 1 atom stereocenters. The smallest absolute Gasteiger partial charge is 0.0945 e. The maximum atomic E-state index is 6.15. The predicted molar refractivity (Wildman–Crippen MR) is 77.2 cm³/mol. The molecule has 100 valence electrons. The summed E-state index contributed by atoms with van der Waals surface area (Å²) in [6.07, 6.45) is 7.81. The van der Waals surface area contributed by atoms with Crippen LogP contribution >= 0.6 is 0 Å². The Morgan fingerprint density at radius 3 is 3.00 bits per heavy atom. The maximum Gasteiger partial charge on any atom is 0.0945 e. The Hall–Kier alpha value is -1.81. The maximum absolute atomic E-state index is 6.15. The number of anilines is 1. The number of fused-ring (bicyclic) bond motifs is 1. The fraction of sp³-hybridized carbons (Fsp3) is 0.400. The second-order valence-electron chi connectivity index (χ2n) is 5.19. The van der Waals surface area contributed by atoms with E-state index in [1.165, 1.54) is 11.3 Å². The van der Waals surface area contributed by atoms with Crippen LogP contribution in [0.4, 0.5) is 5.69 Å². The highest BCUT2D eigenvalue weighted by Crippen LogP contribution is 2.26. The molecule has 3 rings (SSSR count). The number of imidazole rings is 1. The van der Waals surface area contributed by atoms with Crippen LogP contribution in [0.2, 0.25) is 0 Å². The van der Waals surface area contributed by atoms with Crippen molar-refractivity contribution in [3.63, 3.8) is 0 Å². The van der Waals surface area contributed by atoms with Crippen LogP contribution < -0.4 is 10.6 Å². The molecule has 2 N–H and O–H groups in total. The molecule has 2 aromatic rings. The lowest BCUT2D eigenvalue weighted by Gasteiger charge is -2.34. The molecule has 0 saturated heterocycles. The molecule has 4 heteroatoms. The molecule has 0 saturated carbocycles. The van der Waals surface area contributed by atoms with Crippen LogP contribution in [-0.4, -0.2) is 28.7 Å². The summed E-state index contributed by atoms with van der Waals surface area (Å²) >= 11 is 0. The normalized spacial score (nSPS) is 18.4. The van der Waals surface area contributed by atoms with Crippen molar-refractivity contribution in [3.05, 3.63) is 48.5 Å². The quantitative estimate of drug-likeness (QED) is 0.905. The van der Waals surface area contributed by atoms with E-state index in [1.807, 2.05) is 18.7 Å². The molecule has 0 radical (unpaired) electrons. The van der Waals surface area contributed by atoms with Crippen molar-refractivity contribution in [2.24, 2.45) is 5.73 Å².